The highest BCUT2D eigenvalue weighted by Gasteiger charge is 2.18. The predicted octanol–water partition coefficient (Wildman–Crippen LogP) is 5.29. The van der Waals surface area contributed by atoms with Crippen LogP contribution in [-0.2, 0) is 6.42 Å². The normalized spacial score (nSPS) is 18.1. The first-order valence-electron chi connectivity index (χ1n) is 7.36. The lowest BCUT2D eigenvalue weighted by Gasteiger charge is -2.22. The molecular formula is C18H21NS. The Labute approximate surface area is 125 Å². The molecule has 0 aromatic heterocycles. The van der Waals surface area contributed by atoms with E-state index in [1.54, 1.807) is 0 Å². The number of rotatable bonds is 3. The minimum atomic E-state index is 0.446. The number of hydrogen-bond acceptors (Lipinski definition) is 2. The minimum Gasteiger partial charge on any atom is -0.377 e. The fourth-order valence-electron chi connectivity index (χ4n) is 3.02. The number of aryl methyl sites for hydroxylation is 1. The summed E-state index contributed by atoms with van der Waals surface area (Å²) in [4.78, 5) is 1.33. The molecule has 104 valence electrons. The molecule has 2 aromatic rings. The van der Waals surface area contributed by atoms with Gasteiger partial charge in [-0.1, -0.05) is 42.8 Å². The summed E-state index contributed by atoms with van der Waals surface area (Å²) in [6, 6.07) is 18.0. The lowest BCUT2D eigenvalue weighted by atomic mass is 9.99. The summed E-state index contributed by atoms with van der Waals surface area (Å²) in [5.74, 6) is 0. The topological polar surface area (TPSA) is 12.0 Å². The van der Waals surface area contributed by atoms with Gasteiger partial charge in [0.1, 0.15) is 0 Å². The maximum Gasteiger partial charge on any atom is 0.0516 e. The van der Waals surface area contributed by atoms with Crippen LogP contribution in [0.25, 0.3) is 0 Å². The van der Waals surface area contributed by atoms with Crippen molar-refractivity contribution in [3.8, 4) is 0 Å². The van der Waals surface area contributed by atoms with Crippen LogP contribution in [0, 0.1) is 0 Å². The second-order valence-corrected chi connectivity index (χ2v) is 6.19. The van der Waals surface area contributed by atoms with Gasteiger partial charge >= 0.3 is 0 Å². The predicted molar refractivity (Wildman–Crippen MR) is 88.6 cm³/mol. The quantitative estimate of drug-likeness (QED) is 0.607. The average Bonchev–Trinajstić information content (AvgIpc) is 2.71. The smallest absolute Gasteiger partial charge is 0.0516 e. The van der Waals surface area contributed by atoms with Gasteiger partial charge < -0.3 is 5.32 Å². The summed E-state index contributed by atoms with van der Waals surface area (Å²) in [6.07, 6.45) is 7.19. The lowest BCUT2D eigenvalue weighted by molar-refractivity contribution is 0.643. The van der Waals surface area contributed by atoms with Crippen molar-refractivity contribution in [2.45, 2.75) is 36.6 Å². The van der Waals surface area contributed by atoms with Crippen LogP contribution in [-0.4, -0.2) is 6.26 Å². The Morgan fingerprint density at radius 3 is 2.70 bits per heavy atom. The Morgan fingerprint density at radius 1 is 1.00 bits per heavy atom. The average molecular weight is 283 g/mol. The van der Waals surface area contributed by atoms with Crippen LogP contribution in [0.1, 0.15) is 36.4 Å². The molecule has 0 fully saturated rings. The van der Waals surface area contributed by atoms with Crippen molar-refractivity contribution in [3.63, 3.8) is 0 Å². The van der Waals surface area contributed by atoms with Gasteiger partial charge in [0, 0.05) is 10.6 Å². The van der Waals surface area contributed by atoms with Crippen molar-refractivity contribution in [3.05, 3.63) is 59.7 Å². The molecule has 0 saturated heterocycles. The van der Waals surface area contributed by atoms with Crippen LogP contribution in [0.5, 0.6) is 0 Å². The first-order chi connectivity index (χ1) is 9.88. The first kappa shape index (κ1) is 13.6. The largest absolute Gasteiger partial charge is 0.377 e. The Hall–Kier alpha value is -1.41. The zero-order chi connectivity index (χ0) is 13.8. The van der Waals surface area contributed by atoms with Gasteiger partial charge in [-0.05, 0) is 48.8 Å². The second kappa shape index (κ2) is 6.36. The van der Waals surface area contributed by atoms with Gasteiger partial charge in [-0.2, -0.15) is 0 Å². The molecule has 0 amide bonds. The summed E-state index contributed by atoms with van der Waals surface area (Å²) < 4.78 is 0. The third kappa shape index (κ3) is 2.85. The molecule has 0 aliphatic heterocycles. The first-order valence-corrected chi connectivity index (χ1v) is 8.58. The van der Waals surface area contributed by atoms with E-state index < -0.39 is 0 Å². The molecule has 1 aliphatic carbocycles. The van der Waals surface area contributed by atoms with E-state index in [1.165, 1.54) is 47.4 Å². The molecule has 3 rings (SSSR count). The molecule has 2 heteroatoms. The van der Waals surface area contributed by atoms with E-state index >= 15 is 0 Å². The van der Waals surface area contributed by atoms with E-state index in [-0.39, 0.29) is 0 Å². The number of para-hydroxylation sites is 1. The highest BCUT2D eigenvalue weighted by Crippen LogP contribution is 2.34. The van der Waals surface area contributed by atoms with Crippen LogP contribution in [0.15, 0.2) is 53.4 Å². The van der Waals surface area contributed by atoms with Crippen molar-refractivity contribution in [1.29, 1.82) is 0 Å². The van der Waals surface area contributed by atoms with Gasteiger partial charge in [0.15, 0.2) is 0 Å². The SMILES string of the molecule is CSc1ccccc1NC1CCCCc2ccccc21. The van der Waals surface area contributed by atoms with Crippen molar-refractivity contribution in [2.24, 2.45) is 0 Å². The molecule has 0 saturated carbocycles. The summed E-state index contributed by atoms with van der Waals surface area (Å²) in [6.45, 7) is 0. The number of anilines is 1. The van der Waals surface area contributed by atoms with Crippen molar-refractivity contribution in [1.82, 2.24) is 0 Å². The molecule has 0 heterocycles. The molecule has 1 nitrogen and oxygen atoms in total. The van der Waals surface area contributed by atoms with Gasteiger partial charge in [-0.3, -0.25) is 0 Å². The number of thioether (sulfide) groups is 1. The van der Waals surface area contributed by atoms with E-state index in [2.05, 4.69) is 60.1 Å². The monoisotopic (exact) mass is 283 g/mol. The molecule has 1 N–H and O–H groups in total. The van der Waals surface area contributed by atoms with Gasteiger partial charge in [0.05, 0.1) is 6.04 Å². The molecule has 0 spiro atoms. The van der Waals surface area contributed by atoms with Crippen LogP contribution in [0.2, 0.25) is 0 Å². The Kier molecular flexibility index (Phi) is 4.31. The molecule has 1 unspecified atom stereocenters. The van der Waals surface area contributed by atoms with Crippen molar-refractivity contribution in [2.75, 3.05) is 11.6 Å². The fraction of sp³-hybridized carbons (Fsp3) is 0.333. The van der Waals surface area contributed by atoms with Crippen LogP contribution in [0.4, 0.5) is 5.69 Å². The summed E-state index contributed by atoms with van der Waals surface area (Å²) in [5, 5.41) is 3.78. The van der Waals surface area contributed by atoms with Crippen molar-refractivity contribution < 1.29 is 0 Å². The van der Waals surface area contributed by atoms with Gasteiger partial charge in [0.2, 0.25) is 0 Å². The van der Waals surface area contributed by atoms with E-state index in [4.69, 9.17) is 0 Å². The third-order valence-corrected chi connectivity index (χ3v) is 4.85. The summed E-state index contributed by atoms with van der Waals surface area (Å²) in [7, 11) is 0. The fourth-order valence-corrected chi connectivity index (χ4v) is 3.58. The zero-order valence-corrected chi connectivity index (χ0v) is 12.7. The lowest BCUT2D eigenvalue weighted by Crippen LogP contribution is -2.11. The highest BCUT2D eigenvalue weighted by molar-refractivity contribution is 7.98. The third-order valence-electron chi connectivity index (χ3n) is 4.06. The molecule has 20 heavy (non-hydrogen) atoms. The maximum absolute atomic E-state index is 3.78. The van der Waals surface area contributed by atoms with E-state index in [0.29, 0.717) is 6.04 Å². The highest BCUT2D eigenvalue weighted by atomic mass is 32.2. The van der Waals surface area contributed by atoms with E-state index in [0.717, 1.165) is 0 Å². The Morgan fingerprint density at radius 2 is 1.80 bits per heavy atom. The van der Waals surface area contributed by atoms with Gasteiger partial charge in [-0.15, -0.1) is 11.8 Å². The molecule has 0 bridgehead atoms. The maximum atomic E-state index is 3.78. The molecular weight excluding hydrogens is 262 g/mol. The summed E-state index contributed by atoms with van der Waals surface area (Å²) >= 11 is 1.81. The molecule has 0 radical (unpaired) electrons. The standard InChI is InChI=1S/C18H21NS/c1-20-18-13-7-6-12-17(18)19-16-11-5-3-9-14-8-2-4-10-15(14)16/h2,4,6-8,10,12-13,16,19H,3,5,9,11H2,1H3. The zero-order valence-electron chi connectivity index (χ0n) is 11.9. The Bertz CT molecular complexity index is 579. The van der Waals surface area contributed by atoms with E-state index in [9.17, 15) is 0 Å². The van der Waals surface area contributed by atoms with Crippen LogP contribution < -0.4 is 5.32 Å². The Balaban J connectivity index is 1.90. The van der Waals surface area contributed by atoms with Crippen molar-refractivity contribution >= 4 is 17.4 Å². The molecule has 1 aliphatic rings. The number of fused-ring (bicyclic) bond motifs is 1. The molecule has 2 aromatic carbocycles. The van der Waals surface area contributed by atoms with Gasteiger partial charge in [-0.25, -0.2) is 0 Å². The van der Waals surface area contributed by atoms with Crippen LogP contribution >= 0.6 is 11.8 Å². The second-order valence-electron chi connectivity index (χ2n) is 5.34. The number of hydrogen-bond donors (Lipinski definition) is 1. The van der Waals surface area contributed by atoms with Gasteiger partial charge in [0.25, 0.3) is 0 Å². The number of nitrogens with one attached hydrogen (secondary N) is 1. The molecule has 1 atom stereocenters. The van der Waals surface area contributed by atoms with E-state index in [1.807, 2.05) is 11.8 Å². The number of benzene rings is 2. The minimum absolute atomic E-state index is 0.446. The summed E-state index contributed by atoms with van der Waals surface area (Å²) in [5.41, 5.74) is 4.27. The van der Waals surface area contributed by atoms with Crippen LogP contribution in [0.3, 0.4) is 0 Å².